The molecule has 6 nitrogen and oxygen atoms in total. The van der Waals surface area contributed by atoms with Crippen LogP contribution in [0.2, 0.25) is 0 Å². The zero-order valence-corrected chi connectivity index (χ0v) is 15.8. The van der Waals surface area contributed by atoms with Crippen molar-refractivity contribution in [1.29, 1.82) is 0 Å². The van der Waals surface area contributed by atoms with Crippen molar-refractivity contribution in [3.8, 4) is 5.75 Å². The highest BCUT2D eigenvalue weighted by atomic mass is 16.5. The molecule has 2 rings (SSSR count). The van der Waals surface area contributed by atoms with Crippen molar-refractivity contribution in [2.45, 2.75) is 12.8 Å². The molecule has 0 fully saturated rings. The van der Waals surface area contributed by atoms with Gasteiger partial charge in [0, 0.05) is 37.9 Å². The molecule has 0 saturated carbocycles. The second kappa shape index (κ2) is 11.0. The van der Waals surface area contributed by atoms with Crippen LogP contribution < -0.4 is 15.4 Å². The van der Waals surface area contributed by atoms with Crippen LogP contribution in [0.4, 0.5) is 0 Å². The van der Waals surface area contributed by atoms with E-state index in [0.717, 1.165) is 17.7 Å². The van der Waals surface area contributed by atoms with Gasteiger partial charge in [-0.2, -0.15) is 0 Å². The van der Waals surface area contributed by atoms with Gasteiger partial charge in [-0.3, -0.25) is 9.59 Å². The van der Waals surface area contributed by atoms with Crippen LogP contribution in [-0.2, 0) is 11.2 Å². The number of rotatable bonds is 10. The van der Waals surface area contributed by atoms with Crippen molar-refractivity contribution in [3.05, 3.63) is 65.2 Å². The maximum absolute atomic E-state index is 12.3. The van der Waals surface area contributed by atoms with Crippen molar-refractivity contribution < 1.29 is 19.1 Å². The molecule has 0 saturated heterocycles. The Morgan fingerprint density at radius 1 is 0.852 bits per heavy atom. The van der Waals surface area contributed by atoms with E-state index in [1.54, 1.807) is 38.5 Å². The lowest BCUT2D eigenvalue weighted by molar-refractivity contribution is 0.0939. The van der Waals surface area contributed by atoms with Crippen LogP contribution in [0.5, 0.6) is 5.75 Å². The minimum absolute atomic E-state index is 0.158. The number of carbonyl (C=O) groups is 2. The number of nitrogens with one attached hydrogen (secondary N) is 2. The summed E-state index contributed by atoms with van der Waals surface area (Å²) < 4.78 is 10.2. The van der Waals surface area contributed by atoms with Gasteiger partial charge in [0.15, 0.2) is 0 Å². The van der Waals surface area contributed by atoms with Crippen LogP contribution in [0.15, 0.2) is 48.5 Å². The van der Waals surface area contributed by atoms with Gasteiger partial charge < -0.3 is 20.1 Å². The van der Waals surface area contributed by atoms with Crippen molar-refractivity contribution >= 4 is 11.8 Å². The van der Waals surface area contributed by atoms with E-state index in [-0.39, 0.29) is 11.8 Å². The fourth-order valence-electron chi connectivity index (χ4n) is 2.62. The molecule has 0 bridgehead atoms. The van der Waals surface area contributed by atoms with Crippen molar-refractivity contribution in [3.63, 3.8) is 0 Å². The van der Waals surface area contributed by atoms with E-state index in [1.807, 2.05) is 24.3 Å². The number of hydrogen-bond acceptors (Lipinski definition) is 4. The van der Waals surface area contributed by atoms with Crippen LogP contribution in [-0.4, -0.2) is 45.7 Å². The first-order valence-corrected chi connectivity index (χ1v) is 8.93. The third-order valence-electron chi connectivity index (χ3n) is 4.09. The molecule has 0 aliphatic heterocycles. The Morgan fingerprint density at radius 2 is 1.44 bits per heavy atom. The quantitative estimate of drug-likeness (QED) is 0.630. The summed E-state index contributed by atoms with van der Waals surface area (Å²) in [4.78, 5) is 24.3. The van der Waals surface area contributed by atoms with Gasteiger partial charge in [-0.25, -0.2) is 0 Å². The first-order valence-electron chi connectivity index (χ1n) is 8.93. The molecule has 27 heavy (non-hydrogen) atoms. The summed E-state index contributed by atoms with van der Waals surface area (Å²) in [7, 11) is 3.26. The monoisotopic (exact) mass is 370 g/mol. The number of benzene rings is 2. The number of amides is 2. The third kappa shape index (κ3) is 6.42. The van der Waals surface area contributed by atoms with E-state index in [0.29, 0.717) is 37.2 Å². The Morgan fingerprint density at radius 3 is 2.04 bits per heavy atom. The van der Waals surface area contributed by atoms with Gasteiger partial charge in [0.25, 0.3) is 11.8 Å². The molecule has 0 spiro atoms. The number of para-hydroxylation sites is 1. The van der Waals surface area contributed by atoms with E-state index < -0.39 is 0 Å². The minimum atomic E-state index is -0.169. The second-order valence-electron chi connectivity index (χ2n) is 6.00. The molecule has 0 heterocycles. The number of carbonyl (C=O) groups excluding carboxylic acids is 2. The predicted molar refractivity (Wildman–Crippen MR) is 104 cm³/mol. The molecule has 144 valence electrons. The van der Waals surface area contributed by atoms with Gasteiger partial charge in [0.05, 0.1) is 7.11 Å². The largest absolute Gasteiger partial charge is 0.496 e. The molecule has 2 aromatic rings. The fourth-order valence-corrected chi connectivity index (χ4v) is 2.62. The second-order valence-corrected chi connectivity index (χ2v) is 6.00. The Balaban J connectivity index is 1.82. The van der Waals surface area contributed by atoms with Crippen LogP contribution in [0.1, 0.15) is 32.7 Å². The van der Waals surface area contributed by atoms with Crippen LogP contribution in [0.25, 0.3) is 0 Å². The molecule has 0 radical (unpaired) electrons. The average molecular weight is 370 g/mol. The lowest BCUT2D eigenvalue weighted by atomic mass is 10.1. The van der Waals surface area contributed by atoms with Gasteiger partial charge in [-0.05, 0) is 48.7 Å². The van der Waals surface area contributed by atoms with Crippen LogP contribution in [0, 0.1) is 0 Å². The Bertz CT molecular complexity index is 744. The number of methoxy groups -OCH3 is 2. The first kappa shape index (κ1) is 20.5. The Labute approximate surface area is 159 Å². The molecule has 0 aromatic heterocycles. The molecule has 6 heteroatoms. The molecule has 0 unspecified atom stereocenters. The molecule has 0 atom stereocenters. The highest BCUT2D eigenvalue weighted by Crippen LogP contribution is 2.17. The molecule has 2 N–H and O–H groups in total. The summed E-state index contributed by atoms with van der Waals surface area (Å²) in [5.41, 5.74) is 2.09. The van der Waals surface area contributed by atoms with E-state index in [1.165, 1.54) is 0 Å². The molecule has 0 aliphatic carbocycles. The molecular formula is C21H26N2O4. The smallest absolute Gasteiger partial charge is 0.251 e. The predicted octanol–water partition coefficient (Wildman–Crippen LogP) is 2.43. The summed E-state index contributed by atoms with van der Waals surface area (Å²) in [6, 6.07) is 14.3. The van der Waals surface area contributed by atoms with Gasteiger partial charge in [0.2, 0.25) is 0 Å². The summed E-state index contributed by atoms with van der Waals surface area (Å²) in [6.07, 6.45) is 1.44. The van der Waals surface area contributed by atoms with Crippen molar-refractivity contribution in [2.24, 2.45) is 0 Å². The highest BCUT2D eigenvalue weighted by molar-refractivity contribution is 5.97. The Kier molecular flexibility index (Phi) is 8.32. The normalized spacial score (nSPS) is 10.3. The maximum atomic E-state index is 12.3. The standard InChI is InChI=1S/C21H26N2O4/c1-26-15-5-13-22-20(24)17-8-10-18(11-9-17)21(25)23-14-12-16-6-3-4-7-19(16)27-2/h3-4,6-11H,5,12-15H2,1-2H3,(H,22,24)(H,23,25). The lowest BCUT2D eigenvalue weighted by Crippen LogP contribution is -2.27. The average Bonchev–Trinajstić information content (AvgIpc) is 2.71. The van der Waals surface area contributed by atoms with Crippen molar-refractivity contribution in [2.75, 3.05) is 33.9 Å². The van der Waals surface area contributed by atoms with E-state index >= 15 is 0 Å². The minimum Gasteiger partial charge on any atom is -0.496 e. The number of hydrogen-bond donors (Lipinski definition) is 2. The van der Waals surface area contributed by atoms with Gasteiger partial charge >= 0.3 is 0 Å². The first-order chi connectivity index (χ1) is 13.2. The lowest BCUT2D eigenvalue weighted by Gasteiger charge is -2.09. The zero-order valence-electron chi connectivity index (χ0n) is 15.8. The van der Waals surface area contributed by atoms with Gasteiger partial charge in [0.1, 0.15) is 5.75 Å². The van der Waals surface area contributed by atoms with E-state index in [9.17, 15) is 9.59 Å². The third-order valence-corrected chi connectivity index (χ3v) is 4.09. The summed E-state index contributed by atoms with van der Waals surface area (Å²) >= 11 is 0. The van der Waals surface area contributed by atoms with E-state index in [4.69, 9.17) is 9.47 Å². The molecule has 2 aromatic carbocycles. The molecule has 0 aliphatic rings. The van der Waals surface area contributed by atoms with Gasteiger partial charge in [-0.1, -0.05) is 18.2 Å². The summed E-state index contributed by atoms with van der Waals surface area (Å²) in [5, 5.41) is 5.70. The summed E-state index contributed by atoms with van der Waals surface area (Å²) in [6.45, 7) is 1.66. The topological polar surface area (TPSA) is 76.7 Å². The van der Waals surface area contributed by atoms with Crippen LogP contribution >= 0.6 is 0 Å². The highest BCUT2D eigenvalue weighted by Gasteiger charge is 2.09. The SMILES string of the molecule is COCCCNC(=O)c1ccc(C(=O)NCCc2ccccc2OC)cc1. The number of ether oxygens (including phenoxy) is 2. The maximum Gasteiger partial charge on any atom is 0.251 e. The Hall–Kier alpha value is -2.86. The zero-order chi connectivity index (χ0) is 19.5. The van der Waals surface area contributed by atoms with Gasteiger partial charge in [-0.15, -0.1) is 0 Å². The van der Waals surface area contributed by atoms with Crippen LogP contribution in [0.3, 0.4) is 0 Å². The van der Waals surface area contributed by atoms with Crippen molar-refractivity contribution in [1.82, 2.24) is 10.6 Å². The summed E-state index contributed by atoms with van der Waals surface area (Å²) in [5.74, 6) is 0.485. The molecule has 2 amide bonds. The van der Waals surface area contributed by atoms with E-state index in [2.05, 4.69) is 10.6 Å². The molecular weight excluding hydrogens is 344 g/mol. The fraction of sp³-hybridized carbons (Fsp3) is 0.333.